The van der Waals surface area contributed by atoms with Gasteiger partial charge in [0.15, 0.2) is 0 Å². The number of hydrogen-bond acceptors (Lipinski definition) is 3. The van der Waals surface area contributed by atoms with E-state index in [0.29, 0.717) is 12.7 Å². The first-order chi connectivity index (χ1) is 8.77. The summed E-state index contributed by atoms with van der Waals surface area (Å²) in [6, 6.07) is 18.9. The van der Waals surface area contributed by atoms with Gasteiger partial charge in [-0.3, -0.25) is 0 Å². The molecule has 0 radical (unpaired) electrons. The third-order valence-electron chi connectivity index (χ3n) is 2.89. The lowest BCUT2D eigenvalue weighted by atomic mass is 10.4. The van der Waals surface area contributed by atoms with Crippen LogP contribution in [0.25, 0.3) is 0 Å². The van der Waals surface area contributed by atoms with Crippen LogP contribution in [0.3, 0.4) is 0 Å². The highest BCUT2D eigenvalue weighted by atomic mass is 31.2. The van der Waals surface area contributed by atoms with Crippen molar-refractivity contribution < 1.29 is 9.77 Å². The molecule has 0 fully saturated rings. The molecule has 0 atom stereocenters. The zero-order chi connectivity index (χ0) is 12.8. The lowest BCUT2D eigenvalue weighted by molar-refractivity contribution is 0.174. The van der Waals surface area contributed by atoms with Crippen molar-refractivity contribution in [2.45, 2.75) is 0 Å². The van der Waals surface area contributed by atoms with Crippen LogP contribution in [0.15, 0.2) is 60.7 Å². The zero-order valence-electron chi connectivity index (χ0n) is 9.99. The molecular formula is C14H16NO2P. The topological polar surface area (TPSA) is 49.3 Å². The van der Waals surface area contributed by atoms with E-state index in [4.69, 9.17) is 5.21 Å². The lowest BCUT2D eigenvalue weighted by Crippen LogP contribution is -2.23. The van der Waals surface area contributed by atoms with Gasteiger partial charge in [0.05, 0.1) is 0 Å². The largest absolute Gasteiger partial charge is 0.317 e. The monoisotopic (exact) mass is 261 g/mol. The standard InChI is InChI=1S/C14H16NO2P/c16-15-11-12-18(17,13-7-3-1-4-8-13)14-9-5-2-6-10-14/h1-10,15-16H,11-12H2. The van der Waals surface area contributed by atoms with Crippen LogP contribution in [0.2, 0.25) is 0 Å². The van der Waals surface area contributed by atoms with Crippen molar-refractivity contribution in [3.8, 4) is 0 Å². The summed E-state index contributed by atoms with van der Waals surface area (Å²) in [5, 5.41) is 10.4. The first kappa shape index (κ1) is 13.0. The molecule has 2 aromatic rings. The molecule has 4 heteroatoms. The molecule has 0 aliphatic carbocycles. The Balaban J connectivity index is 2.45. The Bertz CT molecular complexity index is 485. The summed E-state index contributed by atoms with van der Waals surface area (Å²) in [5.74, 6) is 0. The van der Waals surface area contributed by atoms with Gasteiger partial charge in [-0.15, -0.1) is 0 Å². The fraction of sp³-hybridized carbons (Fsp3) is 0.143. The Morgan fingerprint density at radius 1 is 0.889 bits per heavy atom. The summed E-state index contributed by atoms with van der Waals surface area (Å²) >= 11 is 0. The Morgan fingerprint density at radius 2 is 1.33 bits per heavy atom. The molecule has 0 aliphatic rings. The number of nitrogens with one attached hydrogen (secondary N) is 1. The molecule has 0 saturated heterocycles. The van der Waals surface area contributed by atoms with E-state index < -0.39 is 7.14 Å². The fourth-order valence-corrected chi connectivity index (χ4v) is 4.49. The smallest absolute Gasteiger partial charge is 0.144 e. The van der Waals surface area contributed by atoms with Crippen LogP contribution in [-0.4, -0.2) is 17.9 Å². The average molecular weight is 261 g/mol. The SMILES string of the molecule is O=P(CCNO)(c1ccccc1)c1ccccc1. The van der Waals surface area contributed by atoms with Crippen LogP contribution < -0.4 is 16.1 Å². The minimum absolute atomic E-state index is 0.307. The van der Waals surface area contributed by atoms with E-state index in [1.54, 1.807) is 0 Å². The van der Waals surface area contributed by atoms with Crippen molar-refractivity contribution in [2.24, 2.45) is 0 Å². The Kier molecular flexibility index (Phi) is 4.32. The maximum atomic E-state index is 13.2. The molecule has 0 unspecified atom stereocenters. The first-order valence-corrected chi connectivity index (χ1v) is 7.74. The highest BCUT2D eigenvalue weighted by molar-refractivity contribution is 7.78. The van der Waals surface area contributed by atoms with Crippen molar-refractivity contribution in [3.63, 3.8) is 0 Å². The predicted molar refractivity (Wildman–Crippen MR) is 74.4 cm³/mol. The molecule has 0 aromatic heterocycles. The van der Waals surface area contributed by atoms with Crippen LogP contribution in [0, 0.1) is 0 Å². The van der Waals surface area contributed by atoms with Crippen LogP contribution >= 0.6 is 7.14 Å². The van der Waals surface area contributed by atoms with Crippen LogP contribution in [0.4, 0.5) is 0 Å². The molecule has 0 amide bonds. The normalized spacial score (nSPS) is 11.4. The number of hydrogen-bond donors (Lipinski definition) is 2. The molecule has 94 valence electrons. The third-order valence-corrected chi connectivity index (χ3v) is 6.00. The van der Waals surface area contributed by atoms with Gasteiger partial charge in [-0.1, -0.05) is 60.7 Å². The van der Waals surface area contributed by atoms with Crippen molar-refractivity contribution in [1.82, 2.24) is 5.48 Å². The molecule has 18 heavy (non-hydrogen) atoms. The Hall–Kier alpha value is -1.41. The van der Waals surface area contributed by atoms with Crippen LogP contribution in [-0.2, 0) is 4.57 Å². The van der Waals surface area contributed by atoms with E-state index in [9.17, 15) is 4.57 Å². The summed E-state index contributed by atoms with van der Waals surface area (Å²) in [5.41, 5.74) is 2.09. The van der Waals surface area contributed by atoms with Gasteiger partial charge >= 0.3 is 0 Å². The van der Waals surface area contributed by atoms with E-state index in [2.05, 4.69) is 5.48 Å². The molecule has 0 bridgehead atoms. The van der Waals surface area contributed by atoms with Gasteiger partial charge in [0.1, 0.15) is 7.14 Å². The molecule has 3 nitrogen and oxygen atoms in total. The summed E-state index contributed by atoms with van der Waals surface area (Å²) in [7, 11) is -2.66. The molecule has 2 aromatic carbocycles. The van der Waals surface area contributed by atoms with Crippen molar-refractivity contribution in [2.75, 3.05) is 12.7 Å². The maximum absolute atomic E-state index is 13.2. The van der Waals surface area contributed by atoms with Crippen LogP contribution in [0.1, 0.15) is 0 Å². The number of rotatable bonds is 5. The Morgan fingerprint density at radius 3 is 1.72 bits per heavy atom. The average Bonchev–Trinajstić information content (AvgIpc) is 2.46. The quantitative estimate of drug-likeness (QED) is 0.639. The highest BCUT2D eigenvalue weighted by Crippen LogP contribution is 2.42. The molecule has 0 heterocycles. The van der Waals surface area contributed by atoms with Gasteiger partial charge in [-0.05, 0) is 0 Å². The summed E-state index contributed by atoms with van der Waals surface area (Å²) in [6.07, 6.45) is 0.400. The van der Waals surface area contributed by atoms with E-state index in [1.165, 1.54) is 0 Å². The van der Waals surface area contributed by atoms with Gasteiger partial charge in [0.25, 0.3) is 0 Å². The first-order valence-electron chi connectivity index (χ1n) is 5.84. The minimum atomic E-state index is -2.66. The second kappa shape index (κ2) is 5.96. The lowest BCUT2D eigenvalue weighted by Gasteiger charge is -2.18. The number of hydroxylamine groups is 1. The van der Waals surface area contributed by atoms with Gasteiger partial charge in [-0.25, -0.2) is 5.48 Å². The van der Waals surface area contributed by atoms with Gasteiger partial charge in [-0.2, -0.15) is 0 Å². The van der Waals surface area contributed by atoms with Gasteiger partial charge in [0.2, 0.25) is 0 Å². The van der Waals surface area contributed by atoms with Crippen LogP contribution in [0.5, 0.6) is 0 Å². The van der Waals surface area contributed by atoms with Crippen molar-refractivity contribution in [1.29, 1.82) is 0 Å². The molecule has 0 spiro atoms. The van der Waals surface area contributed by atoms with E-state index in [0.717, 1.165) is 10.6 Å². The second-order valence-corrected chi connectivity index (χ2v) is 7.00. The third kappa shape index (κ3) is 2.70. The highest BCUT2D eigenvalue weighted by Gasteiger charge is 2.26. The van der Waals surface area contributed by atoms with E-state index >= 15 is 0 Å². The minimum Gasteiger partial charge on any atom is -0.317 e. The van der Waals surface area contributed by atoms with E-state index in [1.807, 2.05) is 60.7 Å². The van der Waals surface area contributed by atoms with Gasteiger partial charge in [0, 0.05) is 23.3 Å². The summed E-state index contributed by atoms with van der Waals surface area (Å²) in [6.45, 7) is 0.307. The second-order valence-electron chi connectivity index (χ2n) is 4.04. The molecular weight excluding hydrogens is 245 g/mol. The van der Waals surface area contributed by atoms with Gasteiger partial charge < -0.3 is 9.77 Å². The molecule has 2 N–H and O–H groups in total. The fourth-order valence-electron chi connectivity index (χ4n) is 1.95. The summed E-state index contributed by atoms with van der Waals surface area (Å²) < 4.78 is 13.2. The van der Waals surface area contributed by atoms with Crippen molar-refractivity contribution >= 4 is 17.8 Å². The zero-order valence-corrected chi connectivity index (χ0v) is 10.9. The molecule has 0 saturated carbocycles. The number of benzene rings is 2. The maximum Gasteiger partial charge on any atom is 0.144 e. The predicted octanol–water partition coefficient (Wildman–Crippen LogP) is 1.98. The van der Waals surface area contributed by atoms with Crippen molar-refractivity contribution in [3.05, 3.63) is 60.7 Å². The Labute approximate surface area is 107 Å². The summed E-state index contributed by atoms with van der Waals surface area (Å²) in [4.78, 5) is 0. The molecule has 2 rings (SSSR count). The molecule has 0 aliphatic heterocycles. The van der Waals surface area contributed by atoms with E-state index in [-0.39, 0.29) is 0 Å².